The van der Waals surface area contributed by atoms with Crippen LogP contribution in [0.25, 0.3) is 0 Å². The molecule has 7 atom stereocenters. The summed E-state index contributed by atoms with van der Waals surface area (Å²) >= 11 is 0. The predicted molar refractivity (Wildman–Crippen MR) is 113 cm³/mol. The third-order valence-corrected chi connectivity index (χ3v) is 8.52. The van der Waals surface area contributed by atoms with E-state index in [1.807, 2.05) is 13.8 Å². The van der Waals surface area contributed by atoms with E-state index in [-0.39, 0.29) is 18.1 Å². The van der Waals surface area contributed by atoms with Crippen molar-refractivity contribution in [2.45, 2.75) is 91.6 Å². The van der Waals surface area contributed by atoms with Crippen LogP contribution in [0.3, 0.4) is 0 Å². The second-order valence-corrected chi connectivity index (χ2v) is 9.69. The first-order valence-corrected chi connectivity index (χ1v) is 11.7. The SMILES string of the molecule is CC.CC12CC(O)C3C(CCC4CCCCC43C)C1CCC2=O.COCCO. The highest BCUT2D eigenvalue weighted by atomic mass is 16.5. The molecular formula is C24H44O4. The monoisotopic (exact) mass is 396 g/mol. The van der Waals surface area contributed by atoms with Crippen LogP contribution in [0, 0.1) is 34.5 Å². The van der Waals surface area contributed by atoms with E-state index in [0.717, 1.165) is 25.2 Å². The molecule has 7 unspecified atom stereocenters. The quantitative estimate of drug-likeness (QED) is 0.715. The third-order valence-electron chi connectivity index (χ3n) is 8.52. The summed E-state index contributed by atoms with van der Waals surface area (Å²) in [7, 11) is 1.55. The standard InChI is InChI=1S/C19H30O2.C3H8O2.C2H6/c1-18-10-4-3-5-12(18)6-7-13-14-8-9-16(21)19(14,2)11-15(20)17(13)18;1-5-3-2-4;1-2/h12-15,17,20H,3-11H2,1-2H3;4H,2-3H2,1H3;1-2H3. The summed E-state index contributed by atoms with van der Waals surface area (Å²) in [6.07, 6.45) is 10.3. The van der Waals surface area contributed by atoms with Crippen molar-refractivity contribution in [1.82, 2.24) is 0 Å². The Morgan fingerprint density at radius 1 is 1.11 bits per heavy atom. The van der Waals surface area contributed by atoms with E-state index in [1.165, 1.54) is 38.5 Å². The van der Waals surface area contributed by atoms with Gasteiger partial charge in [-0.3, -0.25) is 4.79 Å². The Kier molecular flexibility index (Phi) is 8.54. The largest absolute Gasteiger partial charge is 0.394 e. The summed E-state index contributed by atoms with van der Waals surface area (Å²) in [5.74, 6) is 2.87. The number of hydrogen-bond donors (Lipinski definition) is 2. The number of methoxy groups -OCH3 is 1. The topological polar surface area (TPSA) is 66.8 Å². The highest BCUT2D eigenvalue weighted by Gasteiger charge is 2.62. The van der Waals surface area contributed by atoms with Crippen molar-refractivity contribution in [3.8, 4) is 0 Å². The third kappa shape index (κ3) is 4.20. The zero-order chi connectivity index (χ0) is 20.9. The minimum Gasteiger partial charge on any atom is -0.394 e. The van der Waals surface area contributed by atoms with Crippen LogP contribution in [0.5, 0.6) is 0 Å². The number of fused-ring (bicyclic) bond motifs is 5. The van der Waals surface area contributed by atoms with Gasteiger partial charge >= 0.3 is 0 Å². The Balaban J connectivity index is 0.000000352. The van der Waals surface area contributed by atoms with Gasteiger partial charge in [0, 0.05) is 18.9 Å². The van der Waals surface area contributed by atoms with E-state index in [2.05, 4.69) is 18.6 Å². The first-order valence-electron chi connectivity index (χ1n) is 11.7. The number of Topliss-reactive ketones (excluding diaryl/α,β-unsaturated/α-hetero) is 1. The lowest BCUT2D eigenvalue weighted by Crippen LogP contribution is -2.58. The zero-order valence-corrected chi connectivity index (χ0v) is 18.9. The van der Waals surface area contributed by atoms with Crippen molar-refractivity contribution >= 4 is 5.78 Å². The van der Waals surface area contributed by atoms with Gasteiger partial charge in [-0.25, -0.2) is 0 Å². The van der Waals surface area contributed by atoms with Gasteiger partial charge in [0.25, 0.3) is 0 Å². The van der Waals surface area contributed by atoms with E-state index in [9.17, 15) is 9.90 Å². The summed E-state index contributed by atoms with van der Waals surface area (Å²) in [6.45, 7) is 9.19. The summed E-state index contributed by atoms with van der Waals surface area (Å²) < 4.78 is 4.44. The van der Waals surface area contributed by atoms with Crippen LogP contribution in [0.1, 0.15) is 85.5 Å². The fourth-order valence-electron chi connectivity index (χ4n) is 7.28. The second-order valence-electron chi connectivity index (χ2n) is 9.69. The number of ketones is 1. The Labute approximate surface area is 172 Å². The molecule has 4 aliphatic carbocycles. The maximum atomic E-state index is 12.4. The van der Waals surface area contributed by atoms with Gasteiger partial charge in [0.15, 0.2) is 0 Å². The van der Waals surface area contributed by atoms with E-state index < -0.39 is 0 Å². The Hall–Kier alpha value is -0.450. The molecule has 164 valence electrons. The molecule has 0 radical (unpaired) electrons. The van der Waals surface area contributed by atoms with Crippen LogP contribution >= 0.6 is 0 Å². The Morgan fingerprint density at radius 2 is 1.82 bits per heavy atom. The minimum atomic E-state index is -0.246. The molecule has 0 bridgehead atoms. The predicted octanol–water partition coefficient (Wildman–Crippen LogP) is 4.61. The molecule has 4 nitrogen and oxygen atoms in total. The second kappa shape index (κ2) is 10.0. The Morgan fingerprint density at radius 3 is 2.43 bits per heavy atom. The number of carbonyl (C=O) groups is 1. The lowest BCUT2D eigenvalue weighted by molar-refractivity contribution is -0.168. The number of aliphatic hydroxyl groups is 2. The summed E-state index contributed by atoms with van der Waals surface area (Å²) in [5.41, 5.74) is 0.131. The van der Waals surface area contributed by atoms with Crippen LogP contribution in [0.4, 0.5) is 0 Å². The van der Waals surface area contributed by atoms with Crippen LogP contribution < -0.4 is 0 Å². The van der Waals surface area contributed by atoms with Gasteiger partial charge in [0.1, 0.15) is 5.78 Å². The van der Waals surface area contributed by atoms with Gasteiger partial charge < -0.3 is 14.9 Å². The van der Waals surface area contributed by atoms with E-state index in [0.29, 0.717) is 35.6 Å². The van der Waals surface area contributed by atoms with Crippen molar-refractivity contribution in [3.63, 3.8) is 0 Å². The first kappa shape index (κ1) is 23.8. The molecule has 28 heavy (non-hydrogen) atoms. The molecule has 0 spiro atoms. The first-order chi connectivity index (χ1) is 13.4. The maximum Gasteiger partial charge on any atom is 0.139 e. The molecule has 0 aromatic heterocycles. The molecule has 2 N–H and O–H groups in total. The van der Waals surface area contributed by atoms with Crippen LogP contribution in [0.2, 0.25) is 0 Å². The number of ether oxygens (including phenoxy) is 1. The molecular weight excluding hydrogens is 352 g/mol. The van der Waals surface area contributed by atoms with Gasteiger partial charge in [0.2, 0.25) is 0 Å². The van der Waals surface area contributed by atoms with Gasteiger partial charge in [-0.1, -0.05) is 40.5 Å². The van der Waals surface area contributed by atoms with E-state index in [1.54, 1.807) is 7.11 Å². The van der Waals surface area contributed by atoms with Gasteiger partial charge in [-0.2, -0.15) is 0 Å². The van der Waals surface area contributed by atoms with Crippen molar-refractivity contribution in [3.05, 3.63) is 0 Å². The molecule has 4 saturated carbocycles. The molecule has 0 aliphatic heterocycles. The van der Waals surface area contributed by atoms with Crippen molar-refractivity contribution in [2.75, 3.05) is 20.3 Å². The number of carbonyl (C=O) groups excluding carboxylic acids is 1. The van der Waals surface area contributed by atoms with Crippen LogP contribution in [-0.4, -0.2) is 42.4 Å². The highest BCUT2D eigenvalue weighted by Crippen LogP contribution is 2.65. The maximum absolute atomic E-state index is 12.4. The molecule has 0 aromatic rings. The van der Waals surface area contributed by atoms with Crippen LogP contribution in [0.15, 0.2) is 0 Å². The van der Waals surface area contributed by atoms with E-state index >= 15 is 0 Å². The smallest absolute Gasteiger partial charge is 0.139 e. The molecule has 4 heteroatoms. The molecule has 4 fully saturated rings. The summed E-state index contributed by atoms with van der Waals surface area (Å²) in [4.78, 5) is 12.4. The fourth-order valence-corrected chi connectivity index (χ4v) is 7.28. The molecule has 0 aromatic carbocycles. The number of aliphatic hydroxyl groups excluding tert-OH is 2. The summed E-state index contributed by atoms with van der Waals surface area (Å²) in [6, 6.07) is 0. The molecule has 0 heterocycles. The number of rotatable bonds is 2. The zero-order valence-electron chi connectivity index (χ0n) is 18.9. The molecule has 0 amide bonds. The van der Waals surface area contributed by atoms with Crippen molar-refractivity contribution < 1.29 is 19.7 Å². The average molecular weight is 397 g/mol. The normalized spacial score (nSPS) is 44.1. The fraction of sp³-hybridized carbons (Fsp3) is 0.958. The average Bonchev–Trinajstić information content (AvgIpc) is 2.98. The number of hydrogen-bond acceptors (Lipinski definition) is 4. The minimum absolute atomic E-state index is 0.122. The lowest BCUT2D eigenvalue weighted by atomic mass is 9.44. The van der Waals surface area contributed by atoms with Crippen molar-refractivity contribution in [2.24, 2.45) is 34.5 Å². The molecule has 0 saturated heterocycles. The Bertz CT molecular complexity index is 505. The van der Waals surface area contributed by atoms with Gasteiger partial charge in [0.05, 0.1) is 19.3 Å². The van der Waals surface area contributed by atoms with Crippen molar-refractivity contribution in [1.29, 1.82) is 0 Å². The van der Waals surface area contributed by atoms with Gasteiger partial charge in [-0.15, -0.1) is 0 Å². The van der Waals surface area contributed by atoms with Gasteiger partial charge in [-0.05, 0) is 67.6 Å². The van der Waals surface area contributed by atoms with Crippen LogP contribution in [-0.2, 0) is 9.53 Å². The lowest BCUT2D eigenvalue weighted by Gasteiger charge is -2.61. The highest BCUT2D eigenvalue weighted by molar-refractivity contribution is 5.87. The van der Waals surface area contributed by atoms with E-state index in [4.69, 9.17) is 5.11 Å². The summed E-state index contributed by atoms with van der Waals surface area (Å²) in [5, 5.41) is 18.9. The molecule has 4 aliphatic rings. The molecule has 4 rings (SSSR count).